The van der Waals surface area contributed by atoms with Gasteiger partial charge in [-0.05, 0) is 12.1 Å². The molecule has 1 unspecified atom stereocenters. The molecule has 0 radical (unpaired) electrons. The predicted molar refractivity (Wildman–Crippen MR) is 146 cm³/mol. The van der Waals surface area contributed by atoms with Crippen molar-refractivity contribution < 1.29 is 19.8 Å². The molecule has 1 amide bonds. The Morgan fingerprint density at radius 2 is 1.45 bits per heavy atom. The Morgan fingerprint density at radius 3 is 2.13 bits per heavy atom. The first kappa shape index (κ1) is 21.8. The summed E-state index contributed by atoms with van der Waals surface area (Å²) >= 11 is 0. The summed E-state index contributed by atoms with van der Waals surface area (Å²) in [6.45, 7) is 3.43. The molecule has 0 bridgehead atoms. The van der Waals surface area contributed by atoms with Gasteiger partial charge in [0.1, 0.15) is 0 Å². The van der Waals surface area contributed by atoms with E-state index in [2.05, 4.69) is 50.5 Å². The van der Waals surface area contributed by atoms with Gasteiger partial charge in [-0.1, -0.05) is 36.4 Å². The number of carbonyl (C=O) groups is 1. The largest absolute Gasteiger partial charge is 0.494 e. The van der Waals surface area contributed by atoms with Crippen LogP contribution in [0.4, 0.5) is 4.79 Å². The Labute approximate surface area is 216 Å². The van der Waals surface area contributed by atoms with Crippen LogP contribution < -0.4 is 0 Å². The molecule has 1 saturated heterocycles. The molecule has 1 atom stereocenters. The van der Waals surface area contributed by atoms with Crippen molar-refractivity contribution >= 4 is 60.5 Å². The highest BCUT2D eigenvalue weighted by molar-refractivity contribution is 6.36. The summed E-state index contributed by atoms with van der Waals surface area (Å²) in [7, 11) is 0. The maximum atomic E-state index is 12.9. The lowest BCUT2D eigenvalue weighted by atomic mass is 10.0. The summed E-state index contributed by atoms with van der Waals surface area (Å²) in [5.74, 6) is 0.220. The highest BCUT2D eigenvalue weighted by Gasteiger charge is 2.30. The number of nitrogens with zero attached hydrogens (tertiary/aromatic N) is 4. The summed E-state index contributed by atoms with van der Waals surface area (Å²) in [6, 6.07) is 16.8. The van der Waals surface area contributed by atoms with Gasteiger partial charge in [-0.3, -0.25) is 0 Å². The Balaban J connectivity index is 1.34. The van der Waals surface area contributed by atoms with Crippen LogP contribution in [0.15, 0.2) is 54.7 Å². The maximum Gasteiger partial charge on any atom is 0.409 e. The van der Waals surface area contributed by atoms with Gasteiger partial charge in [-0.2, -0.15) is 5.06 Å². The molecule has 0 spiro atoms. The molecule has 8 rings (SSSR count). The van der Waals surface area contributed by atoms with Gasteiger partial charge in [0.05, 0.1) is 23.0 Å². The Morgan fingerprint density at radius 1 is 0.842 bits per heavy atom. The molecule has 0 aliphatic carbocycles. The number of aromatic amines is 1. The summed E-state index contributed by atoms with van der Waals surface area (Å²) in [5.41, 5.74) is 4.49. The van der Waals surface area contributed by atoms with Crippen molar-refractivity contribution in [3.8, 4) is 5.88 Å². The summed E-state index contributed by atoms with van der Waals surface area (Å²) < 4.78 is 10.6. The summed E-state index contributed by atoms with van der Waals surface area (Å²) in [5, 5.41) is 28.1. The summed E-state index contributed by atoms with van der Waals surface area (Å²) in [4.78, 5) is 17.6. The zero-order valence-electron chi connectivity index (χ0n) is 20.7. The van der Waals surface area contributed by atoms with Crippen LogP contribution >= 0.6 is 0 Å². The van der Waals surface area contributed by atoms with Crippen LogP contribution in [0.25, 0.3) is 54.4 Å². The molecule has 6 aromatic rings. The van der Waals surface area contributed by atoms with Gasteiger partial charge in [0.2, 0.25) is 0 Å². The zero-order valence-corrected chi connectivity index (χ0v) is 20.7. The van der Waals surface area contributed by atoms with E-state index in [0.29, 0.717) is 45.9 Å². The lowest BCUT2D eigenvalue weighted by Gasteiger charge is -2.30. The van der Waals surface area contributed by atoms with E-state index in [1.807, 2.05) is 18.3 Å². The van der Waals surface area contributed by atoms with Crippen LogP contribution in [0.5, 0.6) is 5.88 Å². The molecule has 5 heterocycles. The number of hydrogen-bond donors (Lipinski definition) is 3. The number of fused-ring (bicyclic) bond motifs is 9. The second kappa shape index (κ2) is 7.89. The standard InChI is InChI=1S/C29H27N5O4/c35-28-25-20(13-30-28)23-18-5-1-3-7-21(18)33-14-17(16-38-29(36)31-9-11-32(37)12-10-31)15-34-22-8-4-2-6-19(22)24(25)27(34)26(23)33/h1-8,13,17,30,35,37H,9-12,14-16H2. The van der Waals surface area contributed by atoms with E-state index in [1.54, 1.807) is 4.90 Å². The van der Waals surface area contributed by atoms with Crippen molar-refractivity contribution in [2.24, 2.45) is 5.92 Å². The number of aromatic nitrogens is 3. The quantitative estimate of drug-likeness (QED) is 0.310. The van der Waals surface area contributed by atoms with Crippen molar-refractivity contribution in [1.29, 1.82) is 0 Å². The molecule has 3 N–H and O–H groups in total. The zero-order chi connectivity index (χ0) is 25.5. The van der Waals surface area contributed by atoms with Crippen LogP contribution in [0.3, 0.4) is 0 Å². The second-order valence-corrected chi connectivity index (χ2v) is 10.5. The number of ether oxygens (including phenoxy) is 1. The normalized spacial score (nSPS) is 18.4. The van der Waals surface area contributed by atoms with Gasteiger partial charge in [-0.15, -0.1) is 0 Å². The van der Waals surface area contributed by atoms with E-state index < -0.39 is 0 Å². The van der Waals surface area contributed by atoms with Gasteiger partial charge in [0.25, 0.3) is 0 Å². The van der Waals surface area contributed by atoms with E-state index in [1.165, 1.54) is 5.06 Å². The monoisotopic (exact) mass is 509 g/mol. The van der Waals surface area contributed by atoms with Crippen LogP contribution in [0.2, 0.25) is 0 Å². The van der Waals surface area contributed by atoms with E-state index in [9.17, 15) is 15.1 Å². The van der Waals surface area contributed by atoms with Crippen molar-refractivity contribution in [3.63, 3.8) is 0 Å². The van der Waals surface area contributed by atoms with Crippen molar-refractivity contribution in [3.05, 3.63) is 54.7 Å². The van der Waals surface area contributed by atoms with Gasteiger partial charge in [0, 0.05) is 89.3 Å². The van der Waals surface area contributed by atoms with Crippen molar-refractivity contribution in [2.75, 3.05) is 32.8 Å². The third kappa shape index (κ3) is 2.91. The molecule has 2 aliphatic heterocycles. The first-order valence-corrected chi connectivity index (χ1v) is 13.1. The number of piperazine rings is 1. The molecule has 192 valence electrons. The van der Waals surface area contributed by atoms with Gasteiger partial charge < -0.3 is 34.1 Å². The molecule has 1 fully saturated rings. The van der Waals surface area contributed by atoms with Crippen LogP contribution in [-0.4, -0.2) is 73.3 Å². The number of aromatic hydroxyl groups is 1. The van der Waals surface area contributed by atoms with Crippen LogP contribution in [-0.2, 0) is 17.8 Å². The molecule has 3 aromatic carbocycles. The first-order chi connectivity index (χ1) is 18.6. The van der Waals surface area contributed by atoms with Gasteiger partial charge >= 0.3 is 6.09 Å². The van der Waals surface area contributed by atoms with Gasteiger partial charge in [0.15, 0.2) is 5.88 Å². The number of nitrogens with one attached hydrogen (secondary N) is 1. The number of hydrogen-bond acceptors (Lipinski definition) is 5. The molecule has 38 heavy (non-hydrogen) atoms. The van der Waals surface area contributed by atoms with Crippen molar-refractivity contribution in [1.82, 2.24) is 24.1 Å². The predicted octanol–water partition coefficient (Wildman–Crippen LogP) is 4.86. The fraction of sp³-hybridized carbons (Fsp3) is 0.276. The topological polar surface area (TPSA) is 98.9 Å². The number of carbonyl (C=O) groups excluding carboxylic acids is 1. The summed E-state index contributed by atoms with van der Waals surface area (Å²) in [6.07, 6.45) is 1.59. The average molecular weight is 510 g/mol. The Bertz CT molecular complexity index is 1910. The molecule has 0 saturated carbocycles. The lowest BCUT2D eigenvalue weighted by Crippen LogP contribution is -2.47. The third-order valence-corrected chi connectivity index (χ3v) is 8.38. The fourth-order valence-corrected chi connectivity index (χ4v) is 6.71. The minimum Gasteiger partial charge on any atom is -0.494 e. The number of hydroxylamine groups is 2. The Kier molecular flexibility index (Phi) is 4.54. The van der Waals surface area contributed by atoms with Crippen molar-refractivity contribution in [2.45, 2.75) is 13.1 Å². The number of benzene rings is 3. The number of amides is 1. The smallest absolute Gasteiger partial charge is 0.409 e. The van der Waals surface area contributed by atoms with E-state index >= 15 is 0 Å². The SMILES string of the molecule is O=C(OCC1Cn2c3ccccc3c3c4c[nH]c(O)c4c4c5ccccc5n(c4c32)C1)N1CCN(O)CC1. The molecule has 3 aromatic heterocycles. The molecular formula is C29H27N5O4. The van der Waals surface area contributed by atoms with Crippen LogP contribution in [0, 0.1) is 5.92 Å². The Hall–Kier alpha value is -4.21. The molecule has 9 heteroatoms. The van der Waals surface area contributed by atoms with E-state index in [-0.39, 0.29) is 17.9 Å². The van der Waals surface area contributed by atoms with E-state index in [4.69, 9.17) is 4.74 Å². The minimum absolute atomic E-state index is 0.0398. The molecule has 9 nitrogen and oxygen atoms in total. The third-order valence-electron chi connectivity index (χ3n) is 8.38. The second-order valence-electron chi connectivity index (χ2n) is 10.5. The fourth-order valence-electron chi connectivity index (χ4n) is 6.71. The molecule has 2 aliphatic rings. The average Bonchev–Trinajstić information content (AvgIpc) is 3.54. The van der Waals surface area contributed by atoms with Gasteiger partial charge in [-0.25, -0.2) is 4.79 Å². The maximum absolute atomic E-state index is 12.9. The highest BCUT2D eigenvalue weighted by atomic mass is 16.6. The van der Waals surface area contributed by atoms with Crippen LogP contribution in [0.1, 0.15) is 0 Å². The first-order valence-electron chi connectivity index (χ1n) is 13.1. The molecular weight excluding hydrogens is 482 g/mol. The number of para-hydroxylation sites is 2. The number of H-pyrrole nitrogens is 1. The highest BCUT2D eigenvalue weighted by Crippen LogP contribution is 2.48. The number of rotatable bonds is 2. The minimum atomic E-state index is -0.330. The van der Waals surface area contributed by atoms with E-state index in [0.717, 1.165) is 54.4 Å². The lowest BCUT2D eigenvalue weighted by molar-refractivity contribution is -0.114.